The Balaban J connectivity index is 2.58. The minimum Gasteiger partial charge on any atom is -0.396 e. The molecule has 1 rings (SSSR count). The first-order valence-corrected chi connectivity index (χ1v) is 3.57. The fourth-order valence-corrected chi connectivity index (χ4v) is 1.58. The summed E-state index contributed by atoms with van der Waals surface area (Å²) in [5, 5.41) is 27.3. The summed E-state index contributed by atoms with van der Waals surface area (Å²) in [5.74, 6) is -0.150. The van der Waals surface area contributed by atoms with Crippen molar-refractivity contribution in [3.63, 3.8) is 0 Å². The largest absolute Gasteiger partial charge is 0.396 e. The zero-order valence-corrected chi connectivity index (χ0v) is 6.12. The molecule has 0 saturated heterocycles. The molecule has 1 saturated carbocycles. The second-order valence-electron chi connectivity index (χ2n) is 3.33. The topological polar surface area (TPSA) is 60.7 Å². The summed E-state index contributed by atoms with van der Waals surface area (Å²) in [6.45, 7) is 1.62. The van der Waals surface area contributed by atoms with Crippen LogP contribution in [0.15, 0.2) is 0 Å². The molecule has 0 unspecified atom stereocenters. The monoisotopic (exact) mass is 146 g/mol. The van der Waals surface area contributed by atoms with Gasteiger partial charge in [0.2, 0.25) is 0 Å². The molecule has 1 fully saturated rings. The normalized spacial score (nSPS) is 48.0. The minimum absolute atomic E-state index is 0.0376. The van der Waals surface area contributed by atoms with Crippen LogP contribution in [0.25, 0.3) is 0 Å². The maximum Gasteiger partial charge on any atom is 0.0695 e. The molecule has 0 radical (unpaired) electrons. The lowest BCUT2D eigenvalue weighted by Gasteiger charge is -2.22. The lowest BCUT2D eigenvalue weighted by atomic mass is 9.94. The zero-order chi connectivity index (χ0) is 7.78. The summed E-state index contributed by atoms with van der Waals surface area (Å²) in [6, 6.07) is 0. The van der Waals surface area contributed by atoms with Crippen molar-refractivity contribution in [3.05, 3.63) is 0 Å². The van der Waals surface area contributed by atoms with Crippen LogP contribution in [0.1, 0.15) is 19.8 Å². The van der Waals surface area contributed by atoms with E-state index in [9.17, 15) is 5.11 Å². The molecule has 0 aromatic carbocycles. The first-order chi connectivity index (χ1) is 4.56. The molecular weight excluding hydrogens is 132 g/mol. The molecule has 10 heavy (non-hydrogen) atoms. The van der Waals surface area contributed by atoms with E-state index >= 15 is 0 Å². The van der Waals surface area contributed by atoms with E-state index in [-0.39, 0.29) is 12.5 Å². The third kappa shape index (κ3) is 1.31. The molecule has 3 N–H and O–H groups in total. The Morgan fingerprint density at radius 1 is 1.60 bits per heavy atom. The average molecular weight is 146 g/mol. The van der Waals surface area contributed by atoms with Crippen molar-refractivity contribution >= 4 is 0 Å². The molecular formula is C7H14O3. The molecule has 3 heteroatoms. The zero-order valence-electron chi connectivity index (χ0n) is 6.12. The summed E-state index contributed by atoms with van der Waals surface area (Å²) in [4.78, 5) is 0. The summed E-state index contributed by atoms with van der Waals surface area (Å²) in [5.41, 5.74) is -0.867. The van der Waals surface area contributed by atoms with Crippen LogP contribution in [-0.2, 0) is 0 Å². The lowest BCUT2D eigenvalue weighted by molar-refractivity contribution is -0.00493. The highest BCUT2D eigenvalue weighted by Gasteiger charge is 2.41. The second-order valence-corrected chi connectivity index (χ2v) is 3.33. The van der Waals surface area contributed by atoms with Gasteiger partial charge in [0.05, 0.1) is 11.7 Å². The summed E-state index contributed by atoms with van der Waals surface area (Å²) < 4.78 is 0. The van der Waals surface area contributed by atoms with Crippen molar-refractivity contribution in [2.24, 2.45) is 5.92 Å². The van der Waals surface area contributed by atoms with E-state index in [0.717, 1.165) is 0 Å². The molecule has 3 atom stereocenters. The van der Waals surface area contributed by atoms with E-state index in [2.05, 4.69) is 0 Å². The number of hydrogen-bond acceptors (Lipinski definition) is 3. The number of hydrogen-bond donors (Lipinski definition) is 3. The number of rotatable bonds is 1. The molecule has 0 aromatic heterocycles. The summed E-state index contributed by atoms with van der Waals surface area (Å²) >= 11 is 0. The molecule has 0 heterocycles. The van der Waals surface area contributed by atoms with Gasteiger partial charge in [-0.15, -0.1) is 0 Å². The minimum atomic E-state index is -0.867. The fraction of sp³-hybridized carbons (Fsp3) is 1.00. The number of aliphatic hydroxyl groups is 3. The van der Waals surface area contributed by atoms with E-state index in [1.165, 1.54) is 0 Å². The van der Waals surface area contributed by atoms with Gasteiger partial charge < -0.3 is 15.3 Å². The maximum atomic E-state index is 9.50. The van der Waals surface area contributed by atoms with Gasteiger partial charge in [0, 0.05) is 18.9 Å². The highest BCUT2D eigenvalue weighted by Crippen LogP contribution is 2.34. The van der Waals surface area contributed by atoms with Crippen LogP contribution in [0.5, 0.6) is 0 Å². The van der Waals surface area contributed by atoms with Gasteiger partial charge in [-0.3, -0.25) is 0 Å². The SMILES string of the molecule is C[C@@]1(O)C[C@H](O)C[C@@H]1CO. The highest BCUT2D eigenvalue weighted by molar-refractivity contribution is 4.92. The predicted molar refractivity (Wildman–Crippen MR) is 36.4 cm³/mol. The fourth-order valence-electron chi connectivity index (χ4n) is 1.58. The van der Waals surface area contributed by atoms with Crippen LogP contribution in [-0.4, -0.2) is 33.6 Å². The van der Waals surface area contributed by atoms with Crippen molar-refractivity contribution in [2.45, 2.75) is 31.5 Å². The van der Waals surface area contributed by atoms with Gasteiger partial charge in [-0.2, -0.15) is 0 Å². The maximum absolute atomic E-state index is 9.50. The van der Waals surface area contributed by atoms with Crippen molar-refractivity contribution in [3.8, 4) is 0 Å². The van der Waals surface area contributed by atoms with E-state index in [1.54, 1.807) is 6.92 Å². The molecule has 1 aliphatic carbocycles. The Kier molecular flexibility index (Phi) is 1.99. The molecule has 0 aliphatic heterocycles. The Hall–Kier alpha value is -0.120. The first kappa shape index (κ1) is 7.98. The second kappa shape index (κ2) is 2.49. The van der Waals surface area contributed by atoms with Crippen LogP contribution in [0.3, 0.4) is 0 Å². The standard InChI is InChI=1S/C7H14O3/c1-7(10)3-6(9)2-5(7)4-8/h5-6,8-10H,2-4H2,1H3/t5-,6-,7-/m1/s1. The van der Waals surface area contributed by atoms with Gasteiger partial charge >= 0.3 is 0 Å². The third-order valence-electron chi connectivity index (χ3n) is 2.31. The van der Waals surface area contributed by atoms with E-state index in [4.69, 9.17) is 10.2 Å². The Bertz CT molecular complexity index is 122. The quantitative estimate of drug-likeness (QED) is 0.467. The van der Waals surface area contributed by atoms with E-state index in [1.807, 2.05) is 0 Å². The van der Waals surface area contributed by atoms with Crippen LogP contribution < -0.4 is 0 Å². The Morgan fingerprint density at radius 2 is 2.20 bits per heavy atom. The van der Waals surface area contributed by atoms with Crippen LogP contribution in [0.4, 0.5) is 0 Å². The van der Waals surface area contributed by atoms with Crippen molar-refractivity contribution < 1.29 is 15.3 Å². The summed E-state index contributed by atoms with van der Waals surface area (Å²) in [7, 11) is 0. The van der Waals surface area contributed by atoms with Crippen LogP contribution >= 0.6 is 0 Å². The molecule has 0 amide bonds. The van der Waals surface area contributed by atoms with Crippen LogP contribution in [0.2, 0.25) is 0 Å². The van der Waals surface area contributed by atoms with Crippen molar-refractivity contribution in [2.75, 3.05) is 6.61 Å². The average Bonchev–Trinajstić information content (AvgIpc) is 2.04. The Labute approximate surface area is 60.3 Å². The van der Waals surface area contributed by atoms with Gasteiger partial charge in [0.15, 0.2) is 0 Å². The molecule has 1 aliphatic rings. The van der Waals surface area contributed by atoms with Gasteiger partial charge in [-0.05, 0) is 13.3 Å². The lowest BCUT2D eigenvalue weighted by Crippen LogP contribution is -2.31. The third-order valence-corrected chi connectivity index (χ3v) is 2.31. The van der Waals surface area contributed by atoms with Crippen molar-refractivity contribution in [1.82, 2.24) is 0 Å². The van der Waals surface area contributed by atoms with Crippen LogP contribution in [0, 0.1) is 5.92 Å². The van der Waals surface area contributed by atoms with Gasteiger partial charge in [-0.25, -0.2) is 0 Å². The highest BCUT2D eigenvalue weighted by atomic mass is 16.3. The molecule has 0 bridgehead atoms. The molecule has 3 nitrogen and oxygen atoms in total. The smallest absolute Gasteiger partial charge is 0.0695 e. The first-order valence-electron chi connectivity index (χ1n) is 3.57. The van der Waals surface area contributed by atoms with E-state index in [0.29, 0.717) is 12.8 Å². The number of aliphatic hydroxyl groups excluding tert-OH is 2. The van der Waals surface area contributed by atoms with Gasteiger partial charge in [0.1, 0.15) is 0 Å². The van der Waals surface area contributed by atoms with Crippen molar-refractivity contribution in [1.29, 1.82) is 0 Å². The molecule has 60 valence electrons. The summed E-state index contributed by atoms with van der Waals surface area (Å²) in [6.07, 6.45) is 0.467. The molecule has 0 spiro atoms. The predicted octanol–water partition coefficient (Wildman–Crippen LogP) is -0.499. The van der Waals surface area contributed by atoms with Gasteiger partial charge in [0.25, 0.3) is 0 Å². The molecule has 0 aromatic rings. The van der Waals surface area contributed by atoms with Gasteiger partial charge in [-0.1, -0.05) is 0 Å². The van der Waals surface area contributed by atoms with E-state index < -0.39 is 11.7 Å². The Morgan fingerprint density at radius 3 is 2.40 bits per heavy atom.